The maximum Gasteiger partial charge on any atom is 0.264 e. The Morgan fingerprint density at radius 3 is 2.12 bits per heavy atom. The molecule has 220 valence electrons. The number of aryl methyl sites for hydroxylation is 4. The third-order valence-electron chi connectivity index (χ3n) is 7.33. The summed E-state index contributed by atoms with van der Waals surface area (Å²) in [5.74, 6) is -0.677. The summed E-state index contributed by atoms with van der Waals surface area (Å²) in [5.41, 5.74) is 4.98. The van der Waals surface area contributed by atoms with E-state index in [0.717, 1.165) is 40.7 Å². The van der Waals surface area contributed by atoms with Crippen LogP contribution in [0.5, 0.6) is 0 Å². The summed E-state index contributed by atoms with van der Waals surface area (Å²) >= 11 is 0. The summed E-state index contributed by atoms with van der Waals surface area (Å²) < 4.78 is 29.3. The van der Waals surface area contributed by atoms with Gasteiger partial charge in [0.15, 0.2) is 0 Å². The molecule has 0 aliphatic carbocycles. The number of hydrogen-bond donors (Lipinski definition) is 1. The third-order valence-corrected chi connectivity index (χ3v) is 9.10. The third kappa shape index (κ3) is 7.97. The quantitative estimate of drug-likeness (QED) is 0.259. The fourth-order valence-electron chi connectivity index (χ4n) is 4.83. The molecule has 0 fully saturated rings. The average Bonchev–Trinajstić information content (AvgIpc) is 2.93. The molecule has 0 aromatic heterocycles. The highest BCUT2D eigenvalue weighted by molar-refractivity contribution is 7.92. The molecule has 1 atom stereocenters. The van der Waals surface area contributed by atoms with Gasteiger partial charge < -0.3 is 10.2 Å². The lowest BCUT2D eigenvalue weighted by Crippen LogP contribution is -2.52. The van der Waals surface area contributed by atoms with Gasteiger partial charge in [-0.2, -0.15) is 0 Å². The number of amides is 2. The van der Waals surface area contributed by atoms with Crippen molar-refractivity contribution >= 4 is 27.5 Å². The lowest BCUT2D eigenvalue weighted by molar-refractivity contribution is -0.140. The molecule has 0 spiro atoms. The first-order valence-corrected chi connectivity index (χ1v) is 15.7. The van der Waals surface area contributed by atoms with Crippen molar-refractivity contribution in [2.75, 3.05) is 17.4 Å². The molecule has 8 heteroatoms. The van der Waals surface area contributed by atoms with Gasteiger partial charge in [0.05, 0.1) is 10.6 Å². The van der Waals surface area contributed by atoms with Gasteiger partial charge in [-0.15, -0.1) is 0 Å². The van der Waals surface area contributed by atoms with E-state index < -0.39 is 28.5 Å². The fourth-order valence-corrected chi connectivity index (χ4v) is 6.31. The molecule has 7 nitrogen and oxygen atoms in total. The van der Waals surface area contributed by atoms with Crippen LogP contribution in [0, 0.1) is 27.7 Å². The SMILES string of the molecule is CCCCNC(=O)[C@H](CC)N(Cc1ccccc1C)C(=O)CN(c1ccc(C)cc1C)S(=O)(=O)c1ccc(C)cc1. The minimum Gasteiger partial charge on any atom is -0.354 e. The van der Waals surface area contributed by atoms with Crippen molar-refractivity contribution < 1.29 is 18.0 Å². The van der Waals surface area contributed by atoms with Gasteiger partial charge in [0, 0.05) is 13.1 Å². The van der Waals surface area contributed by atoms with E-state index >= 15 is 0 Å². The van der Waals surface area contributed by atoms with Crippen molar-refractivity contribution in [3.63, 3.8) is 0 Å². The molecular weight excluding hydrogens is 534 g/mol. The standard InChI is InChI=1S/C33H43N3O4S/c1-7-9-20-34-33(38)30(8-2)35(22-28-13-11-10-12-26(28)5)32(37)23-36(31-19-16-25(4)21-27(31)6)41(39,40)29-17-14-24(3)15-18-29/h10-19,21,30H,7-9,20,22-23H2,1-6H3,(H,34,38)/t30-/m0/s1. The second-order valence-corrected chi connectivity index (χ2v) is 12.5. The van der Waals surface area contributed by atoms with Gasteiger partial charge in [0.2, 0.25) is 11.8 Å². The van der Waals surface area contributed by atoms with E-state index in [4.69, 9.17) is 0 Å². The molecule has 0 bridgehead atoms. The summed E-state index contributed by atoms with van der Waals surface area (Å²) in [4.78, 5) is 29.2. The Kier molecular flexibility index (Phi) is 11.1. The number of hydrogen-bond acceptors (Lipinski definition) is 4. The number of nitrogens with one attached hydrogen (secondary N) is 1. The summed E-state index contributed by atoms with van der Waals surface area (Å²) in [6.07, 6.45) is 2.16. The maximum absolute atomic E-state index is 14.2. The minimum absolute atomic E-state index is 0.102. The maximum atomic E-state index is 14.2. The van der Waals surface area contributed by atoms with Gasteiger partial charge in [-0.05, 0) is 75.4 Å². The van der Waals surface area contributed by atoms with E-state index in [-0.39, 0.29) is 17.3 Å². The van der Waals surface area contributed by atoms with Gasteiger partial charge in [-0.1, -0.05) is 79.9 Å². The Morgan fingerprint density at radius 2 is 1.51 bits per heavy atom. The van der Waals surface area contributed by atoms with E-state index in [1.165, 1.54) is 9.21 Å². The molecule has 2 amide bonds. The van der Waals surface area contributed by atoms with Crippen LogP contribution in [-0.2, 0) is 26.2 Å². The Bertz CT molecular complexity index is 1450. The van der Waals surface area contributed by atoms with E-state index in [0.29, 0.717) is 18.7 Å². The average molecular weight is 578 g/mol. The molecule has 1 N–H and O–H groups in total. The van der Waals surface area contributed by atoms with Crippen molar-refractivity contribution in [3.8, 4) is 0 Å². The highest BCUT2D eigenvalue weighted by atomic mass is 32.2. The lowest BCUT2D eigenvalue weighted by atomic mass is 10.1. The number of unbranched alkanes of at least 4 members (excludes halogenated alkanes) is 1. The van der Waals surface area contributed by atoms with E-state index in [1.54, 1.807) is 30.3 Å². The lowest BCUT2D eigenvalue weighted by Gasteiger charge is -2.34. The first kappa shape index (κ1) is 31.9. The number of benzene rings is 3. The Labute approximate surface area is 245 Å². The zero-order chi connectivity index (χ0) is 30.2. The Balaban J connectivity index is 2.08. The van der Waals surface area contributed by atoms with E-state index in [9.17, 15) is 18.0 Å². The van der Waals surface area contributed by atoms with Crippen molar-refractivity contribution in [3.05, 3.63) is 94.5 Å². The zero-order valence-electron chi connectivity index (χ0n) is 25.1. The number of carbonyl (C=O) groups is 2. The molecule has 3 aromatic carbocycles. The van der Waals surface area contributed by atoms with Crippen molar-refractivity contribution in [2.24, 2.45) is 0 Å². The molecule has 0 aliphatic rings. The van der Waals surface area contributed by atoms with E-state index in [1.807, 2.05) is 77.9 Å². The van der Waals surface area contributed by atoms with Gasteiger partial charge in [-0.3, -0.25) is 13.9 Å². The first-order valence-electron chi connectivity index (χ1n) is 14.3. The minimum atomic E-state index is -4.10. The monoisotopic (exact) mass is 577 g/mol. The second kappa shape index (κ2) is 14.3. The Hall–Kier alpha value is -3.65. The van der Waals surface area contributed by atoms with Crippen molar-refractivity contribution in [1.82, 2.24) is 10.2 Å². The summed E-state index contributed by atoms with van der Waals surface area (Å²) in [6, 6.07) is 19.1. The molecule has 3 rings (SSSR count). The van der Waals surface area contributed by atoms with Gasteiger partial charge >= 0.3 is 0 Å². The molecule has 0 heterocycles. The molecule has 0 saturated carbocycles. The molecule has 0 saturated heterocycles. The van der Waals surface area contributed by atoms with Crippen LogP contribution in [-0.4, -0.2) is 44.3 Å². The summed E-state index contributed by atoms with van der Waals surface area (Å²) in [6.45, 7) is 11.8. The smallest absolute Gasteiger partial charge is 0.264 e. The van der Waals surface area contributed by atoms with Crippen molar-refractivity contribution in [2.45, 2.75) is 78.3 Å². The van der Waals surface area contributed by atoms with Crippen LogP contribution in [0.2, 0.25) is 0 Å². The largest absolute Gasteiger partial charge is 0.354 e. The summed E-state index contributed by atoms with van der Waals surface area (Å²) in [5, 5.41) is 2.97. The number of anilines is 1. The zero-order valence-corrected chi connectivity index (χ0v) is 25.9. The fraction of sp³-hybridized carbons (Fsp3) is 0.394. The predicted molar refractivity (Wildman–Crippen MR) is 165 cm³/mol. The van der Waals surface area contributed by atoms with Gasteiger partial charge in [0.1, 0.15) is 12.6 Å². The van der Waals surface area contributed by atoms with Crippen LogP contribution in [0.3, 0.4) is 0 Å². The number of carbonyl (C=O) groups excluding carboxylic acids is 2. The molecule has 41 heavy (non-hydrogen) atoms. The predicted octanol–water partition coefficient (Wildman–Crippen LogP) is 5.84. The number of sulfonamides is 1. The van der Waals surface area contributed by atoms with Crippen LogP contribution in [0.1, 0.15) is 60.9 Å². The van der Waals surface area contributed by atoms with Gasteiger partial charge in [-0.25, -0.2) is 8.42 Å². The van der Waals surface area contributed by atoms with Crippen LogP contribution in [0.25, 0.3) is 0 Å². The normalized spacial score (nSPS) is 12.0. The van der Waals surface area contributed by atoms with Crippen LogP contribution < -0.4 is 9.62 Å². The Morgan fingerprint density at radius 1 is 0.854 bits per heavy atom. The van der Waals surface area contributed by atoms with Crippen molar-refractivity contribution in [1.29, 1.82) is 0 Å². The molecular formula is C33H43N3O4S. The topological polar surface area (TPSA) is 86.8 Å². The molecule has 3 aromatic rings. The molecule has 0 radical (unpaired) electrons. The number of nitrogens with zero attached hydrogens (tertiary/aromatic N) is 2. The highest BCUT2D eigenvalue weighted by Gasteiger charge is 2.34. The number of rotatable bonds is 13. The van der Waals surface area contributed by atoms with Crippen LogP contribution in [0.4, 0.5) is 5.69 Å². The van der Waals surface area contributed by atoms with E-state index in [2.05, 4.69) is 5.32 Å². The van der Waals surface area contributed by atoms with Gasteiger partial charge in [0.25, 0.3) is 10.0 Å². The second-order valence-electron chi connectivity index (χ2n) is 10.6. The van der Waals surface area contributed by atoms with Crippen LogP contribution in [0.15, 0.2) is 71.6 Å². The highest BCUT2D eigenvalue weighted by Crippen LogP contribution is 2.28. The summed E-state index contributed by atoms with van der Waals surface area (Å²) in [7, 11) is -4.10. The van der Waals surface area contributed by atoms with Crippen LogP contribution >= 0.6 is 0 Å². The molecule has 0 unspecified atom stereocenters. The molecule has 0 aliphatic heterocycles. The first-order chi connectivity index (χ1) is 19.5.